The molecule has 1 atom stereocenters. The maximum Gasteiger partial charge on any atom is 0.417 e. The molecule has 2 fully saturated rings. The first-order chi connectivity index (χ1) is 17.7. The molecule has 210 valence electrons. The minimum atomic E-state index is -4.68. The molecule has 5 nitrogen and oxygen atoms in total. The van der Waals surface area contributed by atoms with E-state index >= 15 is 0 Å². The lowest BCUT2D eigenvalue weighted by atomic mass is 9.82. The van der Waals surface area contributed by atoms with Gasteiger partial charge >= 0.3 is 6.18 Å². The van der Waals surface area contributed by atoms with Gasteiger partial charge in [-0.05, 0) is 89.0 Å². The zero-order valence-electron chi connectivity index (χ0n) is 23.0. The van der Waals surface area contributed by atoms with Gasteiger partial charge in [0.2, 0.25) is 0 Å². The molecule has 1 heterocycles. The van der Waals surface area contributed by atoms with Gasteiger partial charge in [0.1, 0.15) is 11.0 Å². The van der Waals surface area contributed by atoms with Gasteiger partial charge in [0.25, 0.3) is 5.91 Å². The first kappa shape index (κ1) is 28.9. The van der Waals surface area contributed by atoms with Gasteiger partial charge in [-0.2, -0.15) is 13.2 Å². The van der Waals surface area contributed by atoms with Gasteiger partial charge in [-0.3, -0.25) is 4.79 Å². The Labute approximate surface area is 226 Å². The minimum Gasteiger partial charge on any atom is -0.349 e. The van der Waals surface area contributed by atoms with E-state index < -0.39 is 28.3 Å². The molecular formula is C29H40F3N3O2S. The van der Waals surface area contributed by atoms with Crippen LogP contribution in [0.4, 0.5) is 13.2 Å². The van der Waals surface area contributed by atoms with Gasteiger partial charge in [-0.1, -0.05) is 32.3 Å². The molecular weight excluding hydrogens is 511 g/mol. The fourth-order valence-corrected chi connectivity index (χ4v) is 6.90. The number of carbonyl (C=O) groups excluding carboxylic acids is 1. The van der Waals surface area contributed by atoms with E-state index in [4.69, 9.17) is 0 Å². The second-order valence-corrected chi connectivity index (χ2v) is 13.4. The maximum atomic E-state index is 14.2. The Morgan fingerprint density at radius 2 is 1.74 bits per heavy atom. The highest BCUT2D eigenvalue weighted by Crippen LogP contribution is 2.38. The molecule has 0 bridgehead atoms. The topological polar surface area (TPSA) is 63.1 Å². The summed E-state index contributed by atoms with van der Waals surface area (Å²) in [6, 6.07) is 5.85. The van der Waals surface area contributed by atoms with Crippen molar-refractivity contribution in [1.82, 2.24) is 14.6 Å². The van der Waals surface area contributed by atoms with Crippen molar-refractivity contribution in [3.63, 3.8) is 0 Å². The molecule has 2 aliphatic carbocycles. The highest BCUT2D eigenvalue weighted by atomic mass is 32.2. The molecule has 38 heavy (non-hydrogen) atoms. The number of carbonyl (C=O) groups is 1. The van der Waals surface area contributed by atoms with Crippen LogP contribution in [0.5, 0.6) is 0 Å². The largest absolute Gasteiger partial charge is 0.417 e. The molecule has 0 radical (unpaired) electrons. The molecule has 1 amide bonds. The Morgan fingerprint density at radius 1 is 1.08 bits per heavy atom. The van der Waals surface area contributed by atoms with Gasteiger partial charge < -0.3 is 9.88 Å². The Bertz CT molecular complexity index is 1190. The third kappa shape index (κ3) is 6.71. The SMILES string of the molecule is Cc1c(C(=O)NC2CC(C)C2)cc(-c2ccc(S(=O)NC(C)(C)C)c(C(F)(F)F)c2)n1CC1CCCCC1. The van der Waals surface area contributed by atoms with Crippen LogP contribution >= 0.6 is 0 Å². The Hall–Kier alpha value is -2.13. The first-order valence-corrected chi connectivity index (χ1v) is 14.8. The summed E-state index contributed by atoms with van der Waals surface area (Å²) < 4.78 is 60.3. The average molecular weight is 552 g/mol. The number of rotatable bonds is 7. The summed E-state index contributed by atoms with van der Waals surface area (Å²) in [5.41, 5.74) is 0.675. The summed E-state index contributed by atoms with van der Waals surface area (Å²) in [5, 5.41) is 3.10. The van der Waals surface area contributed by atoms with Crippen molar-refractivity contribution >= 4 is 16.9 Å². The van der Waals surface area contributed by atoms with Crippen LogP contribution in [0.25, 0.3) is 11.3 Å². The number of hydrogen-bond acceptors (Lipinski definition) is 2. The Morgan fingerprint density at radius 3 is 2.32 bits per heavy atom. The number of aromatic nitrogens is 1. The van der Waals surface area contributed by atoms with Crippen LogP contribution in [0.3, 0.4) is 0 Å². The number of hydrogen-bond donors (Lipinski definition) is 2. The minimum absolute atomic E-state index is 0.142. The third-order valence-electron chi connectivity index (χ3n) is 7.67. The van der Waals surface area contributed by atoms with Crippen molar-refractivity contribution in [3.05, 3.63) is 41.1 Å². The zero-order chi connectivity index (χ0) is 27.8. The Kier molecular flexibility index (Phi) is 8.48. The fraction of sp³-hybridized carbons (Fsp3) is 0.621. The van der Waals surface area contributed by atoms with E-state index in [-0.39, 0.29) is 16.8 Å². The smallest absolute Gasteiger partial charge is 0.349 e. The van der Waals surface area contributed by atoms with Crippen molar-refractivity contribution in [2.45, 2.75) is 109 Å². The molecule has 2 N–H and O–H groups in total. The predicted molar refractivity (Wildman–Crippen MR) is 145 cm³/mol. The quantitative estimate of drug-likeness (QED) is 0.389. The first-order valence-electron chi connectivity index (χ1n) is 13.6. The molecule has 4 rings (SSSR count). The second-order valence-electron chi connectivity index (χ2n) is 12.2. The van der Waals surface area contributed by atoms with E-state index in [0.29, 0.717) is 35.2 Å². The van der Waals surface area contributed by atoms with Crippen molar-refractivity contribution in [2.75, 3.05) is 0 Å². The summed E-state index contributed by atoms with van der Waals surface area (Å²) in [6.07, 6.45) is 2.84. The number of nitrogens with one attached hydrogen (secondary N) is 2. The van der Waals surface area contributed by atoms with Crippen LogP contribution in [0.2, 0.25) is 0 Å². The normalized spacial score (nSPS) is 21.7. The lowest BCUT2D eigenvalue weighted by molar-refractivity contribution is -0.139. The lowest BCUT2D eigenvalue weighted by Gasteiger charge is -2.33. The van der Waals surface area contributed by atoms with Gasteiger partial charge in [0.15, 0.2) is 0 Å². The average Bonchev–Trinajstić information content (AvgIpc) is 3.12. The number of benzene rings is 1. The highest BCUT2D eigenvalue weighted by Gasteiger charge is 2.37. The summed E-state index contributed by atoms with van der Waals surface area (Å²) in [4.78, 5) is 12.9. The predicted octanol–water partition coefficient (Wildman–Crippen LogP) is 7.00. The molecule has 0 saturated heterocycles. The van der Waals surface area contributed by atoms with Crippen LogP contribution in [-0.2, 0) is 23.7 Å². The van der Waals surface area contributed by atoms with Gasteiger partial charge in [-0.15, -0.1) is 0 Å². The number of nitrogens with zero attached hydrogens (tertiary/aromatic N) is 1. The van der Waals surface area contributed by atoms with Crippen LogP contribution in [0.15, 0.2) is 29.2 Å². The molecule has 1 unspecified atom stereocenters. The lowest BCUT2D eigenvalue weighted by Crippen LogP contribution is -2.43. The summed E-state index contributed by atoms with van der Waals surface area (Å²) in [6.45, 7) is 9.96. The molecule has 1 aromatic carbocycles. The van der Waals surface area contributed by atoms with E-state index in [1.807, 2.05) is 11.5 Å². The monoisotopic (exact) mass is 551 g/mol. The van der Waals surface area contributed by atoms with E-state index in [1.54, 1.807) is 32.9 Å². The van der Waals surface area contributed by atoms with Gasteiger partial charge in [0, 0.05) is 29.5 Å². The molecule has 0 aliphatic heterocycles. The standard InChI is InChI=1S/C29H40F3N3O2S/c1-18-13-22(14-18)33-27(36)23-16-25(35(19(23)2)17-20-9-7-6-8-10-20)21-11-12-26(24(15-21)29(30,31)32)38(37)34-28(3,4)5/h11-12,15-16,18,20,22,34H,6-10,13-14,17H2,1-5H3,(H,33,36). The van der Waals surface area contributed by atoms with Crippen molar-refractivity contribution in [2.24, 2.45) is 11.8 Å². The summed E-state index contributed by atoms with van der Waals surface area (Å²) in [5.74, 6) is 0.832. The zero-order valence-corrected chi connectivity index (χ0v) is 23.8. The van der Waals surface area contributed by atoms with Crippen LogP contribution in [0, 0.1) is 18.8 Å². The number of alkyl halides is 3. The number of halogens is 3. The molecule has 1 aromatic heterocycles. The summed E-state index contributed by atoms with van der Waals surface area (Å²) in [7, 11) is -2.04. The molecule has 2 aliphatic rings. The second kappa shape index (κ2) is 11.2. The molecule has 2 aromatic rings. The molecule has 0 spiro atoms. The third-order valence-corrected chi connectivity index (χ3v) is 9.22. The Balaban J connectivity index is 1.75. The van der Waals surface area contributed by atoms with E-state index in [9.17, 15) is 22.2 Å². The van der Waals surface area contributed by atoms with Crippen LogP contribution in [-0.4, -0.2) is 26.3 Å². The van der Waals surface area contributed by atoms with Crippen LogP contribution in [0.1, 0.15) is 94.3 Å². The van der Waals surface area contributed by atoms with E-state index in [2.05, 4.69) is 17.0 Å². The summed E-state index contributed by atoms with van der Waals surface area (Å²) >= 11 is 0. The highest BCUT2D eigenvalue weighted by molar-refractivity contribution is 7.83. The van der Waals surface area contributed by atoms with Crippen molar-refractivity contribution in [3.8, 4) is 11.3 Å². The fourth-order valence-electron chi connectivity index (χ4n) is 5.67. The maximum absolute atomic E-state index is 14.2. The number of amides is 1. The van der Waals surface area contributed by atoms with Crippen molar-refractivity contribution < 1.29 is 22.2 Å². The van der Waals surface area contributed by atoms with Gasteiger partial charge in [-0.25, -0.2) is 8.93 Å². The van der Waals surface area contributed by atoms with E-state index in [0.717, 1.165) is 50.3 Å². The van der Waals surface area contributed by atoms with Gasteiger partial charge in [0.05, 0.1) is 16.0 Å². The molecule has 2 saturated carbocycles. The van der Waals surface area contributed by atoms with Crippen molar-refractivity contribution in [1.29, 1.82) is 0 Å². The van der Waals surface area contributed by atoms with E-state index in [1.165, 1.54) is 12.5 Å². The van der Waals surface area contributed by atoms with Crippen LogP contribution < -0.4 is 10.0 Å². The molecule has 9 heteroatoms.